The van der Waals surface area contributed by atoms with Crippen molar-refractivity contribution < 1.29 is 17.9 Å². The van der Waals surface area contributed by atoms with Gasteiger partial charge in [0, 0.05) is 43.3 Å². The maximum atomic E-state index is 13.5. The predicted octanol–water partition coefficient (Wildman–Crippen LogP) is 5.16. The molecule has 3 aromatic rings. The second-order valence-corrected chi connectivity index (χ2v) is 11.7. The molecule has 3 aromatic carbocycles. The minimum Gasteiger partial charge on any atom is -0.383 e. The fourth-order valence-electron chi connectivity index (χ4n) is 4.33. The first-order chi connectivity index (χ1) is 19.7. The predicted molar refractivity (Wildman–Crippen MR) is 163 cm³/mol. The van der Waals surface area contributed by atoms with Crippen molar-refractivity contribution in [2.45, 2.75) is 10.8 Å². The summed E-state index contributed by atoms with van der Waals surface area (Å²) in [5, 5.41) is 16.5. The molecule has 0 radical (unpaired) electrons. The molecule has 1 aliphatic rings. The van der Waals surface area contributed by atoms with Gasteiger partial charge in [0.2, 0.25) is 5.84 Å². The number of amidine groups is 2. The van der Waals surface area contributed by atoms with Crippen molar-refractivity contribution in [3.63, 3.8) is 0 Å². The van der Waals surface area contributed by atoms with Gasteiger partial charge in [-0.05, 0) is 47.5 Å². The van der Waals surface area contributed by atoms with Crippen molar-refractivity contribution in [2.75, 3.05) is 47.1 Å². The van der Waals surface area contributed by atoms with Crippen LogP contribution >= 0.6 is 23.2 Å². The van der Waals surface area contributed by atoms with Crippen LogP contribution in [0.5, 0.6) is 0 Å². The average Bonchev–Trinajstić information content (AvgIpc) is 3.42. The van der Waals surface area contributed by atoms with Gasteiger partial charge in [-0.2, -0.15) is 13.5 Å². The largest absolute Gasteiger partial charge is 0.383 e. The number of hydrogen-bond acceptors (Lipinski definition) is 6. The summed E-state index contributed by atoms with van der Waals surface area (Å²) >= 11 is 12.1. The van der Waals surface area contributed by atoms with Gasteiger partial charge >= 0.3 is 0 Å². The number of nitrogens with zero attached hydrogens (tertiary/aromatic N) is 4. The number of halogens is 2. The molecule has 1 atom stereocenters. The summed E-state index contributed by atoms with van der Waals surface area (Å²) in [6.45, 7) is 1.54. The summed E-state index contributed by atoms with van der Waals surface area (Å²) in [5.41, 5.74) is 2.52. The third-order valence-electron chi connectivity index (χ3n) is 6.48. The van der Waals surface area contributed by atoms with Crippen LogP contribution in [0.3, 0.4) is 0 Å². The molecular weight excluding hydrogens is 585 g/mol. The van der Waals surface area contributed by atoms with Crippen molar-refractivity contribution >= 4 is 50.6 Å². The smallest absolute Gasteiger partial charge is 0.284 e. The first-order valence-corrected chi connectivity index (χ1v) is 15.0. The zero-order chi connectivity index (χ0) is 29.4. The fourth-order valence-corrected chi connectivity index (χ4v) is 5.57. The Labute approximate surface area is 250 Å². The van der Waals surface area contributed by atoms with E-state index in [-0.39, 0.29) is 29.0 Å². The highest BCUT2D eigenvalue weighted by Crippen LogP contribution is 2.30. The molecule has 0 saturated heterocycles. The topological polar surface area (TPSA) is 108 Å². The first-order valence-electron chi connectivity index (χ1n) is 12.8. The van der Waals surface area contributed by atoms with E-state index in [1.165, 1.54) is 29.3 Å². The Morgan fingerprint density at radius 3 is 2.07 bits per heavy atom. The molecule has 9 nitrogen and oxygen atoms in total. The van der Waals surface area contributed by atoms with Gasteiger partial charge < -0.3 is 14.4 Å². The van der Waals surface area contributed by atoms with Gasteiger partial charge in [-0.3, -0.25) is 5.41 Å². The molecule has 0 bridgehead atoms. The molecule has 1 unspecified atom stereocenters. The van der Waals surface area contributed by atoms with Gasteiger partial charge in [-0.15, -0.1) is 4.40 Å². The van der Waals surface area contributed by atoms with E-state index in [1.807, 2.05) is 42.5 Å². The molecule has 0 aromatic heterocycles. The first kappa shape index (κ1) is 30.7. The second-order valence-electron chi connectivity index (χ2n) is 9.20. The van der Waals surface area contributed by atoms with Crippen molar-refractivity contribution in [1.29, 1.82) is 5.41 Å². The van der Waals surface area contributed by atoms with Crippen LogP contribution in [0.1, 0.15) is 17.0 Å². The van der Waals surface area contributed by atoms with Crippen molar-refractivity contribution in [3.05, 3.63) is 100 Å². The van der Waals surface area contributed by atoms with Gasteiger partial charge in [0.25, 0.3) is 10.0 Å². The third kappa shape index (κ3) is 7.72. The number of hydrogen-bond donors (Lipinski definition) is 1. The van der Waals surface area contributed by atoms with Crippen molar-refractivity contribution in [1.82, 2.24) is 9.91 Å². The monoisotopic (exact) mass is 615 g/mol. The Bertz CT molecular complexity index is 1490. The molecule has 4 rings (SSSR count). The van der Waals surface area contributed by atoms with E-state index < -0.39 is 10.0 Å². The molecule has 1 aliphatic heterocycles. The van der Waals surface area contributed by atoms with E-state index >= 15 is 0 Å². The van der Waals surface area contributed by atoms with Crippen LogP contribution in [-0.4, -0.2) is 82.8 Å². The normalized spacial score (nSPS) is 15.6. The van der Waals surface area contributed by atoms with Gasteiger partial charge in [0.1, 0.15) is 0 Å². The lowest BCUT2D eigenvalue weighted by molar-refractivity contribution is 0.146. The number of methoxy groups -OCH3 is 2. The van der Waals surface area contributed by atoms with E-state index in [9.17, 15) is 8.42 Å². The van der Waals surface area contributed by atoms with Crippen LogP contribution < -0.4 is 0 Å². The number of sulfonamides is 1. The number of rotatable bonds is 10. The van der Waals surface area contributed by atoms with Crippen molar-refractivity contribution in [3.8, 4) is 0 Å². The highest BCUT2D eigenvalue weighted by Gasteiger charge is 2.35. The van der Waals surface area contributed by atoms with E-state index in [0.717, 1.165) is 11.1 Å². The molecule has 0 saturated carbocycles. The zero-order valence-corrected chi connectivity index (χ0v) is 25.0. The summed E-state index contributed by atoms with van der Waals surface area (Å²) in [6.07, 6.45) is 0. The molecule has 0 fully saturated rings. The Morgan fingerprint density at radius 2 is 1.51 bits per heavy atom. The van der Waals surface area contributed by atoms with Crippen LogP contribution in [0.4, 0.5) is 0 Å². The summed E-state index contributed by atoms with van der Waals surface area (Å²) in [6, 6.07) is 22.8. The van der Waals surface area contributed by atoms with Gasteiger partial charge in [-0.1, -0.05) is 65.7 Å². The second kappa shape index (κ2) is 14.1. The standard InChI is InChI=1S/C29H31Cl2N5O4S/c1-39-18-16-35(17-19-40-2)28(32)29(34-41(37,38)25-14-12-24(31)13-15-25)36-20-26(21-6-4-3-5-7-21)27(33-36)22-8-10-23(30)11-9-22/h3-15,26,32H,16-20H2,1-2H3/b32-28?,34-29+. The quantitative estimate of drug-likeness (QED) is 0.249. The molecule has 0 spiro atoms. The number of hydrazone groups is 1. The molecule has 1 N–H and O–H groups in total. The van der Waals surface area contributed by atoms with Crippen LogP contribution in [0.15, 0.2) is 93.3 Å². The Hall–Kier alpha value is -3.28. The van der Waals surface area contributed by atoms with Crippen molar-refractivity contribution in [2.24, 2.45) is 9.50 Å². The van der Waals surface area contributed by atoms with Gasteiger partial charge in [-0.25, -0.2) is 5.01 Å². The Morgan fingerprint density at radius 1 is 0.951 bits per heavy atom. The summed E-state index contributed by atoms with van der Waals surface area (Å²) < 4.78 is 41.7. The summed E-state index contributed by atoms with van der Waals surface area (Å²) in [7, 11) is -1.11. The van der Waals surface area contributed by atoms with Gasteiger partial charge in [0.15, 0.2) is 5.84 Å². The maximum absolute atomic E-state index is 13.5. The SMILES string of the molecule is COCCN(CCOC)C(=N)/C(=N\S(=O)(=O)c1ccc(Cl)cc1)N1CC(c2ccccc2)C(c2ccc(Cl)cc2)=N1. The lowest BCUT2D eigenvalue weighted by atomic mass is 9.91. The van der Waals surface area contributed by atoms with Gasteiger partial charge in [0.05, 0.1) is 30.4 Å². The van der Waals surface area contributed by atoms with E-state index in [1.54, 1.807) is 31.3 Å². The minimum absolute atomic E-state index is 0.0479. The van der Waals surface area contributed by atoms with E-state index in [2.05, 4.69) is 4.40 Å². The average molecular weight is 617 g/mol. The molecule has 12 heteroatoms. The summed E-state index contributed by atoms with van der Waals surface area (Å²) in [4.78, 5) is 1.62. The fraction of sp³-hybridized carbons (Fsp3) is 0.276. The highest BCUT2D eigenvalue weighted by atomic mass is 35.5. The lowest BCUT2D eigenvalue weighted by Crippen LogP contribution is -2.45. The molecular formula is C29H31Cl2N5O4S. The maximum Gasteiger partial charge on any atom is 0.284 e. The van der Waals surface area contributed by atoms with Crippen LogP contribution in [-0.2, 0) is 19.5 Å². The summed E-state index contributed by atoms with van der Waals surface area (Å²) in [5.74, 6) is -0.457. The van der Waals surface area contributed by atoms with Crippen LogP contribution in [0, 0.1) is 5.41 Å². The molecule has 41 heavy (non-hydrogen) atoms. The van der Waals surface area contributed by atoms with E-state index in [0.29, 0.717) is 42.1 Å². The Balaban J connectivity index is 1.83. The zero-order valence-electron chi connectivity index (χ0n) is 22.7. The van der Waals surface area contributed by atoms with E-state index in [4.69, 9.17) is 43.2 Å². The minimum atomic E-state index is -4.23. The molecule has 0 amide bonds. The lowest BCUT2D eigenvalue weighted by Gasteiger charge is -2.28. The number of benzene rings is 3. The molecule has 1 heterocycles. The third-order valence-corrected chi connectivity index (χ3v) is 8.26. The Kier molecular flexibility index (Phi) is 10.5. The number of ether oxygens (including phenoxy) is 2. The highest BCUT2D eigenvalue weighted by molar-refractivity contribution is 7.90. The van der Waals surface area contributed by atoms with Crippen LogP contribution in [0.2, 0.25) is 10.0 Å². The molecule has 216 valence electrons. The van der Waals surface area contributed by atoms with Crippen LogP contribution in [0.25, 0.3) is 0 Å². The number of nitrogens with one attached hydrogen (secondary N) is 1. The molecule has 0 aliphatic carbocycles.